The van der Waals surface area contributed by atoms with Gasteiger partial charge in [0.25, 0.3) is 0 Å². The van der Waals surface area contributed by atoms with E-state index < -0.39 is 23.5 Å². The van der Waals surface area contributed by atoms with Crippen LogP contribution >= 0.6 is 0 Å². The van der Waals surface area contributed by atoms with Crippen LogP contribution in [0.1, 0.15) is 102 Å². The Bertz CT molecular complexity index is 1770. The molecule has 0 N–H and O–H groups in total. The fraction of sp³-hybridized carbons (Fsp3) is 0.410. The molecule has 0 atom stereocenters. The highest BCUT2D eigenvalue weighted by Gasteiger charge is 2.37. The summed E-state index contributed by atoms with van der Waals surface area (Å²) in [5.41, 5.74) is 5.22. The molecule has 0 amide bonds. The first kappa shape index (κ1) is 38.4. The summed E-state index contributed by atoms with van der Waals surface area (Å²) in [5, 5.41) is 0. The van der Waals surface area contributed by atoms with Crippen molar-refractivity contribution >= 4 is 12.2 Å². The van der Waals surface area contributed by atoms with Crippen molar-refractivity contribution in [1.82, 2.24) is 9.97 Å². The van der Waals surface area contributed by atoms with Gasteiger partial charge in [-0.05, 0) is 107 Å². The molecule has 4 aromatic rings. The number of aromatic nitrogens is 2. The highest BCUT2D eigenvalue weighted by atomic mass is 19.4. The molecule has 0 aliphatic carbocycles. The quantitative estimate of drug-likeness (QED) is 0.0790. The molecule has 3 aromatic carbocycles. The number of aldehydes is 1. The van der Waals surface area contributed by atoms with Crippen LogP contribution in [-0.4, -0.2) is 22.9 Å². The summed E-state index contributed by atoms with van der Waals surface area (Å²) in [4.78, 5) is 21.1. The first-order valence-corrected chi connectivity index (χ1v) is 16.6. The Labute approximate surface area is 289 Å². The summed E-state index contributed by atoms with van der Waals surface area (Å²) >= 11 is 0. The molecule has 11 heteroatoms. The second-order valence-electron chi connectivity index (χ2n) is 13.3. The third-order valence-electron chi connectivity index (χ3n) is 8.78. The Morgan fingerprint density at radius 2 is 1.36 bits per heavy atom. The van der Waals surface area contributed by atoms with Crippen LogP contribution < -0.4 is 9.64 Å². The number of alkyl halides is 6. The van der Waals surface area contributed by atoms with Crippen molar-refractivity contribution in [2.45, 2.75) is 98.6 Å². The fourth-order valence-corrected chi connectivity index (χ4v) is 5.87. The van der Waals surface area contributed by atoms with Crippen LogP contribution in [0, 0.1) is 20.8 Å². The highest BCUT2D eigenvalue weighted by Crippen LogP contribution is 2.39. The predicted octanol–water partition coefficient (Wildman–Crippen LogP) is 10.9. The van der Waals surface area contributed by atoms with Crippen molar-refractivity contribution in [3.63, 3.8) is 0 Å². The lowest BCUT2D eigenvalue weighted by Gasteiger charge is -2.27. The molecule has 0 radical (unpaired) electrons. The number of carbonyl (C=O) groups is 1. The molecule has 5 nitrogen and oxygen atoms in total. The summed E-state index contributed by atoms with van der Waals surface area (Å²) in [6.07, 6.45) is -5.60. The summed E-state index contributed by atoms with van der Waals surface area (Å²) < 4.78 is 88.6. The van der Waals surface area contributed by atoms with E-state index in [0.29, 0.717) is 18.6 Å². The van der Waals surface area contributed by atoms with Gasteiger partial charge in [0.05, 0.1) is 30.1 Å². The van der Waals surface area contributed by atoms with Gasteiger partial charge in [0, 0.05) is 19.5 Å². The monoisotopic (exact) mass is 699 g/mol. The van der Waals surface area contributed by atoms with Crippen LogP contribution in [0.4, 0.5) is 32.3 Å². The van der Waals surface area contributed by atoms with Gasteiger partial charge < -0.3 is 14.4 Å². The molecule has 1 aromatic heterocycles. The average Bonchev–Trinajstić information content (AvgIpc) is 3.03. The fourth-order valence-electron chi connectivity index (χ4n) is 5.87. The van der Waals surface area contributed by atoms with Gasteiger partial charge in [-0.1, -0.05) is 52.0 Å². The molecular weight excluding hydrogens is 656 g/mol. The van der Waals surface area contributed by atoms with Gasteiger partial charge in [-0.15, -0.1) is 0 Å². The third kappa shape index (κ3) is 9.43. The molecule has 0 saturated heterocycles. The average molecular weight is 700 g/mol. The number of nitrogens with zero attached hydrogens (tertiary/aromatic N) is 3. The van der Waals surface area contributed by atoms with E-state index in [1.54, 1.807) is 4.90 Å². The molecule has 4 rings (SSSR count). The summed E-state index contributed by atoms with van der Waals surface area (Å²) in [6.45, 7) is 14.5. The minimum Gasteiger partial charge on any atom is -0.490 e. The SMILES string of the molecule is Cc1cc(CN(Cc2cc(C(F)(F)F)cc(C(F)(F)F)c2)c2ncc(OCCCC=O)cn2)c(-c2cc(C(C)C)cc(C(C)C)c2C)cc1C. The van der Waals surface area contributed by atoms with Gasteiger partial charge in [0.15, 0.2) is 5.75 Å². The van der Waals surface area contributed by atoms with Crippen molar-refractivity contribution < 1.29 is 35.9 Å². The van der Waals surface area contributed by atoms with Crippen LogP contribution in [0.5, 0.6) is 5.75 Å². The number of hydrogen-bond acceptors (Lipinski definition) is 5. The zero-order valence-corrected chi connectivity index (χ0v) is 29.4. The van der Waals surface area contributed by atoms with Gasteiger partial charge in [-0.3, -0.25) is 0 Å². The maximum Gasteiger partial charge on any atom is 0.416 e. The molecule has 1 heterocycles. The first-order valence-electron chi connectivity index (χ1n) is 16.6. The Hall–Kier alpha value is -4.41. The smallest absolute Gasteiger partial charge is 0.416 e. The summed E-state index contributed by atoms with van der Waals surface area (Å²) in [6, 6.07) is 10.1. The molecule has 0 fully saturated rings. The lowest BCUT2D eigenvalue weighted by atomic mass is 9.84. The van der Waals surface area contributed by atoms with E-state index in [0.717, 1.165) is 57.4 Å². The number of rotatable bonds is 13. The molecule has 0 aliphatic rings. The summed E-state index contributed by atoms with van der Waals surface area (Å²) in [5.74, 6) is 0.896. The molecular formula is C39H43F6N3O2. The molecule has 268 valence electrons. The Kier molecular flexibility index (Phi) is 12.0. The van der Waals surface area contributed by atoms with Crippen LogP contribution in [0.25, 0.3) is 11.1 Å². The van der Waals surface area contributed by atoms with Crippen molar-refractivity contribution in [3.8, 4) is 16.9 Å². The highest BCUT2D eigenvalue weighted by molar-refractivity contribution is 5.74. The van der Waals surface area contributed by atoms with Gasteiger partial charge in [-0.25, -0.2) is 9.97 Å². The van der Waals surface area contributed by atoms with E-state index in [-0.39, 0.29) is 49.1 Å². The number of hydrogen-bond donors (Lipinski definition) is 0. The van der Waals surface area contributed by atoms with E-state index in [1.165, 1.54) is 18.0 Å². The molecule has 0 spiro atoms. The van der Waals surface area contributed by atoms with Gasteiger partial charge in [0.1, 0.15) is 6.29 Å². The number of benzene rings is 3. The minimum atomic E-state index is -4.99. The van der Waals surface area contributed by atoms with E-state index in [1.807, 2.05) is 19.9 Å². The van der Waals surface area contributed by atoms with Crippen LogP contribution in [0.15, 0.2) is 54.9 Å². The molecule has 0 unspecified atom stereocenters. The predicted molar refractivity (Wildman–Crippen MR) is 183 cm³/mol. The van der Waals surface area contributed by atoms with E-state index in [4.69, 9.17) is 4.74 Å². The number of aryl methyl sites for hydroxylation is 2. The van der Waals surface area contributed by atoms with Crippen LogP contribution in [0.2, 0.25) is 0 Å². The normalized spacial score (nSPS) is 12.1. The molecule has 0 bridgehead atoms. The third-order valence-corrected chi connectivity index (χ3v) is 8.78. The number of ether oxygens (including phenoxy) is 1. The second kappa shape index (κ2) is 15.6. The van der Waals surface area contributed by atoms with E-state index in [9.17, 15) is 31.1 Å². The van der Waals surface area contributed by atoms with Gasteiger partial charge >= 0.3 is 12.4 Å². The molecule has 0 saturated carbocycles. The maximum atomic E-state index is 13.8. The topological polar surface area (TPSA) is 55.3 Å². The largest absolute Gasteiger partial charge is 0.490 e. The molecule has 0 aliphatic heterocycles. The molecule has 50 heavy (non-hydrogen) atoms. The lowest BCUT2D eigenvalue weighted by molar-refractivity contribution is -0.143. The zero-order chi connectivity index (χ0) is 37.0. The zero-order valence-electron chi connectivity index (χ0n) is 29.4. The van der Waals surface area contributed by atoms with Crippen molar-refractivity contribution in [3.05, 3.63) is 105 Å². The first-order chi connectivity index (χ1) is 23.4. The lowest BCUT2D eigenvalue weighted by Crippen LogP contribution is -2.25. The minimum absolute atomic E-state index is 0.0793. The van der Waals surface area contributed by atoms with Gasteiger partial charge in [0.2, 0.25) is 5.95 Å². The van der Waals surface area contributed by atoms with Crippen LogP contribution in [0.3, 0.4) is 0 Å². The van der Waals surface area contributed by atoms with Crippen molar-refractivity contribution in [2.24, 2.45) is 0 Å². The van der Waals surface area contributed by atoms with Crippen molar-refractivity contribution in [2.75, 3.05) is 11.5 Å². The standard InChI is InChI=1S/C39H43F6N3O2/c1-23(2)29-16-34(24(3)4)27(7)35(17-29)36-13-26(6)25(5)12-30(36)22-48(37-46-19-33(20-47-37)50-11-9-8-10-49)21-28-14-31(38(40,41)42)18-32(15-28)39(43,44)45/h10,12-20,23-24H,8-9,11,21-22H2,1-7H3. The Balaban J connectivity index is 1.88. The van der Waals surface area contributed by atoms with E-state index in [2.05, 4.69) is 62.8 Å². The number of anilines is 1. The van der Waals surface area contributed by atoms with Crippen molar-refractivity contribution in [1.29, 1.82) is 0 Å². The number of carbonyl (C=O) groups excluding carboxylic acids is 1. The van der Waals surface area contributed by atoms with E-state index >= 15 is 0 Å². The summed E-state index contributed by atoms with van der Waals surface area (Å²) in [7, 11) is 0. The Morgan fingerprint density at radius 1 is 0.760 bits per heavy atom. The number of unbranched alkanes of at least 4 members (excludes halogenated alkanes) is 1. The second-order valence-corrected chi connectivity index (χ2v) is 13.3. The Morgan fingerprint density at radius 3 is 1.90 bits per heavy atom. The number of halogens is 6. The van der Waals surface area contributed by atoms with Gasteiger partial charge in [-0.2, -0.15) is 26.3 Å². The maximum absolute atomic E-state index is 13.8. The van der Waals surface area contributed by atoms with Crippen LogP contribution in [-0.2, 0) is 30.2 Å².